The van der Waals surface area contributed by atoms with Crippen molar-refractivity contribution in [3.8, 4) is 0 Å². The maximum absolute atomic E-state index is 8.35. The summed E-state index contributed by atoms with van der Waals surface area (Å²) in [6.45, 7) is 0. The van der Waals surface area contributed by atoms with Crippen LogP contribution in [0.4, 0.5) is 0 Å². The molecular formula is C14H18N2O2. The minimum absolute atomic E-state index is 0.750. The fourth-order valence-electron chi connectivity index (χ4n) is 2.16. The van der Waals surface area contributed by atoms with E-state index in [9.17, 15) is 0 Å². The molecule has 0 spiro atoms. The Morgan fingerprint density at radius 1 is 1.00 bits per heavy atom. The maximum atomic E-state index is 8.35. The molecule has 4 nitrogen and oxygen atoms in total. The molecule has 1 saturated carbocycles. The molecule has 1 aromatic rings. The second-order valence-electron chi connectivity index (χ2n) is 4.04. The first-order chi connectivity index (χ1) is 8.78. The van der Waals surface area contributed by atoms with Crippen LogP contribution in [0.25, 0.3) is 0 Å². The third kappa shape index (κ3) is 8.17. The Kier molecular flexibility index (Phi) is 10.2. The molecule has 0 aliphatic heterocycles. The fraction of sp³-hybridized carbons (Fsp3) is 0.429. The zero-order valence-electron chi connectivity index (χ0n) is 10.3. The highest BCUT2D eigenvalue weighted by Crippen LogP contribution is 2.27. The van der Waals surface area contributed by atoms with E-state index < -0.39 is 0 Å². The van der Waals surface area contributed by atoms with E-state index in [0.717, 1.165) is 18.1 Å². The summed E-state index contributed by atoms with van der Waals surface area (Å²) >= 11 is 0. The summed E-state index contributed by atoms with van der Waals surface area (Å²) in [5, 5.41) is 10.8. The maximum Gasteiger partial charge on any atom is 0.231 e. The number of isocyanates is 2. The largest absolute Gasteiger partial charge is 0.231 e. The first-order valence-electron chi connectivity index (χ1n) is 5.90. The molecule has 1 aromatic carbocycles. The van der Waals surface area contributed by atoms with Crippen molar-refractivity contribution in [2.24, 2.45) is 5.92 Å². The summed E-state index contributed by atoms with van der Waals surface area (Å²) in [6, 6.07) is 10.9. The molecule has 0 atom stereocenters. The first-order valence-corrected chi connectivity index (χ1v) is 5.90. The SMILES string of the molecule is N=C=O.N=C=O.c1ccc(CC2CCCC2)cc1. The van der Waals surface area contributed by atoms with Crippen LogP contribution in [0.15, 0.2) is 30.3 Å². The smallest absolute Gasteiger partial charge is 0.222 e. The summed E-state index contributed by atoms with van der Waals surface area (Å²) in [7, 11) is 0. The Hall–Kier alpha value is -2.02. The lowest BCUT2D eigenvalue weighted by Crippen LogP contribution is -1.97. The van der Waals surface area contributed by atoms with Gasteiger partial charge in [0.05, 0.1) is 0 Å². The predicted octanol–water partition coefficient (Wildman–Crippen LogP) is 3.22. The average molecular weight is 246 g/mol. The van der Waals surface area contributed by atoms with E-state index in [2.05, 4.69) is 30.3 Å². The molecule has 4 heteroatoms. The minimum Gasteiger partial charge on any atom is -0.222 e. The molecule has 0 saturated heterocycles. The standard InChI is InChI=1S/C12H16.2CHNO/c1-2-6-11(7-3-1)10-12-8-4-5-9-12;2*2-1-3/h1-3,6-7,12H,4-5,8-10H2;2*2H. The van der Waals surface area contributed by atoms with Gasteiger partial charge in [0.2, 0.25) is 12.2 Å². The Morgan fingerprint density at radius 3 is 1.89 bits per heavy atom. The number of hydrogen-bond donors (Lipinski definition) is 2. The van der Waals surface area contributed by atoms with Crippen LogP contribution < -0.4 is 0 Å². The molecule has 0 amide bonds. The van der Waals surface area contributed by atoms with Crippen molar-refractivity contribution in [2.75, 3.05) is 0 Å². The van der Waals surface area contributed by atoms with Gasteiger partial charge in [-0.25, -0.2) is 20.4 Å². The van der Waals surface area contributed by atoms with Gasteiger partial charge < -0.3 is 0 Å². The van der Waals surface area contributed by atoms with Crippen molar-refractivity contribution in [3.63, 3.8) is 0 Å². The normalized spacial score (nSPS) is 13.1. The highest BCUT2D eigenvalue weighted by molar-refractivity contribution is 5.26. The van der Waals surface area contributed by atoms with Crippen LogP contribution in [0.1, 0.15) is 31.2 Å². The van der Waals surface area contributed by atoms with Crippen molar-refractivity contribution in [1.82, 2.24) is 0 Å². The lowest BCUT2D eigenvalue weighted by molar-refractivity contribution is 0.546. The molecule has 96 valence electrons. The van der Waals surface area contributed by atoms with E-state index in [1.807, 2.05) is 0 Å². The molecular weight excluding hydrogens is 228 g/mol. The minimum atomic E-state index is 0.750. The van der Waals surface area contributed by atoms with E-state index in [-0.39, 0.29) is 0 Å². The van der Waals surface area contributed by atoms with E-state index in [1.54, 1.807) is 0 Å². The van der Waals surface area contributed by atoms with E-state index in [1.165, 1.54) is 37.7 Å². The molecule has 18 heavy (non-hydrogen) atoms. The Balaban J connectivity index is 0.000000414. The fourth-order valence-corrected chi connectivity index (χ4v) is 2.16. The summed E-state index contributed by atoms with van der Waals surface area (Å²) in [5.41, 5.74) is 1.52. The summed E-state index contributed by atoms with van der Waals surface area (Å²) in [4.78, 5) is 16.7. The van der Waals surface area contributed by atoms with Crippen LogP contribution in [-0.4, -0.2) is 12.2 Å². The van der Waals surface area contributed by atoms with Gasteiger partial charge in [0.15, 0.2) is 0 Å². The molecule has 1 fully saturated rings. The van der Waals surface area contributed by atoms with Crippen LogP contribution in [0, 0.1) is 16.7 Å². The number of benzene rings is 1. The second-order valence-corrected chi connectivity index (χ2v) is 4.04. The Morgan fingerprint density at radius 2 is 1.44 bits per heavy atom. The molecule has 0 radical (unpaired) electrons. The molecule has 0 heterocycles. The number of nitrogens with one attached hydrogen (secondary N) is 2. The molecule has 2 N–H and O–H groups in total. The van der Waals surface area contributed by atoms with Gasteiger partial charge in [0.25, 0.3) is 0 Å². The van der Waals surface area contributed by atoms with Gasteiger partial charge in [-0.1, -0.05) is 56.0 Å². The van der Waals surface area contributed by atoms with Crippen LogP contribution >= 0.6 is 0 Å². The van der Waals surface area contributed by atoms with Crippen LogP contribution in [0.2, 0.25) is 0 Å². The van der Waals surface area contributed by atoms with Crippen LogP contribution in [0.5, 0.6) is 0 Å². The first kappa shape index (κ1) is 16.0. The van der Waals surface area contributed by atoms with Gasteiger partial charge in [-0.2, -0.15) is 0 Å². The molecule has 0 aromatic heterocycles. The van der Waals surface area contributed by atoms with Gasteiger partial charge in [0, 0.05) is 0 Å². The van der Waals surface area contributed by atoms with Crippen LogP contribution in [0.3, 0.4) is 0 Å². The molecule has 1 aliphatic carbocycles. The van der Waals surface area contributed by atoms with Crippen molar-refractivity contribution in [1.29, 1.82) is 10.8 Å². The van der Waals surface area contributed by atoms with Crippen LogP contribution in [-0.2, 0) is 16.0 Å². The quantitative estimate of drug-likeness (QED) is 0.620. The highest BCUT2D eigenvalue weighted by atomic mass is 16.1. The number of hydrogen-bond acceptors (Lipinski definition) is 4. The predicted molar refractivity (Wildman–Crippen MR) is 68.9 cm³/mol. The average Bonchev–Trinajstić information content (AvgIpc) is 2.85. The van der Waals surface area contributed by atoms with E-state index in [4.69, 9.17) is 20.4 Å². The van der Waals surface area contributed by atoms with Gasteiger partial charge >= 0.3 is 0 Å². The van der Waals surface area contributed by atoms with Gasteiger partial charge in [0.1, 0.15) is 0 Å². The monoisotopic (exact) mass is 246 g/mol. The molecule has 2 rings (SSSR count). The summed E-state index contributed by atoms with van der Waals surface area (Å²) in [5.74, 6) is 0.979. The number of carbonyl (C=O) groups excluding carboxylic acids is 2. The molecule has 0 bridgehead atoms. The van der Waals surface area contributed by atoms with E-state index in [0.29, 0.717) is 0 Å². The lowest BCUT2D eigenvalue weighted by atomic mass is 9.98. The van der Waals surface area contributed by atoms with Crippen molar-refractivity contribution in [3.05, 3.63) is 35.9 Å². The topological polar surface area (TPSA) is 81.8 Å². The van der Waals surface area contributed by atoms with Gasteiger partial charge in [-0.05, 0) is 17.9 Å². The van der Waals surface area contributed by atoms with Crippen molar-refractivity contribution >= 4 is 12.2 Å². The summed E-state index contributed by atoms with van der Waals surface area (Å²) in [6.07, 6.45) is 8.62. The van der Waals surface area contributed by atoms with Crippen molar-refractivity contribution in [2.45, 2.75) is 32.1 Å². The molecule has 0 unspecified atom stereocenters. The third-order valence-electron chi connectivity index (χ3n) is 2.84. The Bertz CT molecular complexity index is 360. The van der Waals surface area contributed by atoms with E-state index >= 15 is 0 Å². The van der Waals surface area contributed by atoms with Gasteiger partial charge in [-0.3, -0.25) is 0 Å². The zero-order chi connectivity index (χ0) is 13.6. The third-order valence-corrected chi connectivity index (χ3v) is 2.84. The number of rotatable bonds is 2. The van der Waals surface area contributed by atoms with Crippen molar-refractivity contribution < 1.29 is 9.59 Å². The summed E-state index contributed by atoms with van der Waals surface area (Å²) < 4.78 is 0. The highest BCUT2D eigenvalue weighted by Gasteiger charge is 2.14. The van der Waals surface area contributed by atoms with Gasteiger partial charge in [-0.15, -0.1) is 0 Å². The Labute approximate surface area is 107 Å². The second kappa shape index (κ2) is 11.5. The molecule has 1 aliphatic rings. The lowest BCUT2D eigenvalue weighted by Gasteiger charge is -2.07. The zero-order valence-corrected chi connectivity index (χ0v) is 10.3.